The molecule has 0 bridgehead atoms. The summed E-state index contributed by atoms with van der Waals surface area (Å²) in [6, 6.07) is 7.36. The first-order valence-corrected chi connectivity index (χ1v) is 5.79. The lowest BCUT2D eigenvalue weighted by molar-refractivity contribution is -0.139. The molecule has 2 amide bonds. The van der Waals surface area contributed by atoms with Gasteiger partial charge >= 0.3 is 11.8 Å². The van der Waals surface area contributed by atoms with E-state index in [2.05, 4.69) is 31.8 Å². The normalized spacial score (nSPS) is 10.2. The van der Waals surface area contributed by atoms with Gasteiger partial charge < -0.3 is 5.32 Å². The van der Waals surface area contributed by atoms with Gasteiger partial charge in [0, 0.05) is 11.0 Å². The predicted molar refractivity (Wildman–Crippen MR) is 68.6 cm³/mol. The molecule has 90 valence electrons. The van der Waals surface area contributed by atoms with Gasteiger partial charge in [0.15, 0.2) is 0 Å². The fraction of sp³-hybridized carbons (Fsp3) is 0.182. The lowest BCUT2D eigenvalue weighted by Crippen LogP contribution is -2.37. The third kappa shape index (κ3) is 4.78. The molecule has 1 aromatic rings. The molecule has 0 aliphatic carbocycles. The van der Waals surface area contributed by atoms with E-state index in [0.717, 1.165) is 10.0 Å². The lowest BCUT2D eigenvalue weighted by Gasteiger charge is -1.99. The van der Waals surface area contributed by atoms with Crippen molar-refractivity contribution >= 4 is 34.0 Å². The molecule has 0 heterocycles. The molecule has 0 atom stereocenters. The van der Waals surface area contributed by atoms with E-state index in [4.69, 9.17) is 0 Å². The smallest absolute Gasteiger partial charge is 0.329 e. The number of likely N-dealkylation sites (N-methyl/N-ethyl adjacent to an activating group) is 1. The quantitative estimate of drug-likeness (QED) is 0.497. The standard InChI is InChI=1S/C11H12BrN3O2/c1-2-13-10(16)11(17)15-14-7-8-3-5-9(12)6-4-8/h3-7H,2H2,1H3,(H,13,16)(H,15,17). The zero-order chi connectivity index (χ0) is 12.7. The van der Waals surface area contributed by atoms with Crippen LogP contribution in [0.1, 0.15) is 12.5 Å². The monoisotopic (exact) mass is 297 g/mol. The van der Waals surface area contributed by atoms with Crippen LogP contribution in [0.25, 0.3) is 0 Å². The van der Waals surface area contributed by atoms with Crippen LogP contribution < -0.4 is 10.7 Å². The summed E-state index contributed by atoms with van der Waals surface area (Å²) in [6.07, 6.45) is 1.46. The van der Waals surface area contributed by atoms with Gasteiger partial charge in [-0.1, -0.05) is 28.1 Å². The second kappa shape index (κ2) is 6.80. The van der Waals surface area contributed by atoms with Gasteiger partial charge in [0.1, 0.15) is 0 Å². The van der Waals surface area contributed by atoms with E-state index < -0.39 is 11.8 Å². The minimum atomic E-state index is -0.778. The van der Waals surface area contributed by atoms with E-state index >= 15 is 0 Å². The maximum Gasteiger partial charge on any atom is 0.329 e. The zero-order valence-electron chi connectivity index (χ0n) is 9.24. The molecule has 6 heteroatoms. The molecule has 0 spiro atoms. The minimum absolute atomic E-state index is 0.405. The van der Waals surface area contributed by atoms with Crippen molar-refractivity contribution in [2.45, 2.75) is 6.92 Å². The molecule has 0 aliphatic heterocycles. The molecular weight excluding hydrogens is 286 g/mol. The molecule has 0 aliphatic rings. The molecule has 0 aromatic heterocycles. The average Bonchev–Trinajstić information content (AvgIpc) is 2.32. The Morgan fingerprint density at radius 2 is 1.94 bits per heavy atom. The number of carbonyl (C=O) groups excluding carboxylic acids is 2. The Hall–Kier alpha value is -1.69. The van der Waals surface area contributed by atoms with Crippen LogP contribution in [0.4, 0.5) is 0 Å². The molecular formula is C11H12BrN3O2. The first-order valence-electron chi connectivity index (χ1n) is 5.00. The highest BCUT2D eigenvalue weighted by molar-refractivity contribution is 9.10. The molecule has 0 unspecified atom stereocenters. The van der Waals surface area contributed by atoms with Crippen molar-refractivity contribution in [3.63, 3.8) is 0 Å². The summed E-state index contributed by atoms with van der Waals surface area (Å²) >= 11 is 3.31. The topological polar surface area (TPSA) is 70.6 Å². The summed E-state index contributed by atoms with van der Waals surface area (Å²) in [5.41, 5.74) is 2.96. The molecule has 0 fully saturated rings. The average molecular weight is 298 g/mol. The molecule has 0 saturated carbocycles. The molecule has 0 radical (unpaired) electrons. The Labute approximate surface area is 107 Å². The van der Waals surface area contributed by atoms with Crippen LogP contribution in [0.2, 0.25) is 0 Å². The summed E-state index contributed by atoms with van der Waals surface area (Å²) in [5.74, 6) is -1.47. The lowest BCUT2D eigenvalue weighted by atomic mass is 10.2. The number of hydrogen-bond donors (Lipinski definition) is 2. The molecule has 2 N–H and O–H groups in total. The van der Waals surface area contributed by atoms with E-state index in [1.807, 2.05) is 24.3 Å². The van der Waals surface area contributed by atoms with E-state index in [1.165, 1.54) is 6.21 Å². The van der Waals surface area contributed by atoms with E-state index in [9.17, 15) is 9.59 Å². The highest BCUT2D eigenvalue weighted by Gasteiger charge is 2.09. The van der Waals surface area contributed by atoms with Crippen LogP contribution in [-0.2, 0) is 9.59 Å². The number of nitrogens with zero attached hydrogens (tertiary/aromatic N) is 1. The van der Waals surface area contributed by atoms with Crippen molar-refractivity contribution < 1.29 is 9.59 Å². The third-order valence-electron chi connectivity index (χ3n) is 1.79. The molecule has 1 rings (SSSR count). The number of rotatable bonds is 3. The number of carbonyl (C=O) groups is 2. The minimum Gasteiger partial charge on any atom is -0.348 e. The molecule has 5 nitrogen and oxygen atoms in total. The number of hydrogen-bond acceptors (Lipinski definition) is 3. The van der Waals surface area contributed by atoms with Gasteiger partial charge in [-0.05, 0) is 24.6 Å². The summed E-state index contributed by atoms with van der Waals surface area (Å²) in [7, 11) is 0. The van der Waals surface area contributed by atoms with Gasteiger partial charge in [-0.3, -0.25) is 9.59 Å². The van der Waals surface area contributed by atoms with Gasteiger partial charge in [-0.15, -0.1) is 0 Å². The maximum absolute atomic E-state index is 11.1. The van der Waals surface area contributed by atoms with Gasteiger partial charge in [0.05, 0.1) is 6.21 Å². The van der Waals surface area contributed by atoms with Crippen molar-refractivity contribution in [2.75, 3.05) is 6.54 Å². The summed E-state index contributed by atoms with van der Waals surface area (Å²) in [6.45, 7) is 2.14. The van der Waals surface area contributed by atoms with Gasteiger partial charge in [-0.2, -0.15) is 5.10 Å². The Bertz CT molecular complexity index is 429. The zero-order valence-corrected chi connectivity index (χ0v) is 10.8. The summed E-state index contributed by atoms with van der Waals surface area (Å²) < 4.78 is 0.959. The maximum atomic E-state index is 11.1. The molecule has 0 saturated heterocycles. The summed E-state index contributed by atoms with van der Waals surface area (Å²) in [4.78, 5) is 22.2. The van der Waals surface area contributed by atoms with E-state index in [0.29, 0.717) is 6.54 Å². The van der Waals surface area contributed by atoms with Crippen LogP contribution in [0, 0.1) is 0 Å². The van der Waals surface area contributed by atoms with Crippen molar-refractivity contribution in [1.82, 2.24) is 10.7 Å². The van der Waals surface area contributed by atoms with Crippen LogP contribution in [0.3, 0.4) is 0 Å². The Morgan fingerprint density at radius 1 is 1.29 bits per heavy atom. The molecule has 1 aromatic carbocycles. The predicted octanol–water partition coefficient (Wildman–Crippen LogP) is 1.04. The number of halogens is 1. The Morgan fingerprint density at radius 3 is 2.53 bits per heavy atom. The summed E-state index contributed by atoms with van der Waals surface area (Å²) in [5, 5.41) is 6.04. The van der Waals surface area contributed by atoms with E-state index in [1.54, 1.807) is 6.92 Å². The number of benzene rings is 1. The van der Waals surface area contributed by atoms with Crippen molar-refractivity contribution in [3.8, 4) is 0 Å². The largest absolute Gasteiger partial charge is 0.348 e. The van der Waals surface area contributed by atoms with Crippen LogP contribution in [-0.4, -0.2) is 24.6 Å². The second-order valence-corrected chi connectivity index (χ2v) is 4.03. The van der Waals surface area contributed by atoms with Crippen molar-refractivity contribution in [3.05, 3.63) is 34.3 Å². The Kier molecular flexibility index (Phi) is 5.35. The van der Waals surface area contributed by atoms with Gasteiger partial charge in [0.25, 0.3) is 0 Å². The van der Waals surface area contributed by atoms with Crippen LogP contribution in [0.15, 0.2) is 33.8 Å². The fourth-order valence-electron chi connectivity index (χ4n) is 1.01. The first kappa shape index (κ1) is 13.4. The highest BCUT2D eigenvalue weighted by atomic mass is 79.9. The van der Waals surface area contributed by atoms with Crippen LogP contribution in [0.5, 0.6) is 0 Å². The highest BCUT2D eigenvalue weighted by Crippen LogP contribution is 2.08. The van der Waals surface area contributed by atoms with E-state index in [-0.39, 0.29) is 0 Å². The fourth-order valence-corrected chi connectivity index (χ4v) is 1.27. The van der Waals surface area contributed by atoms with Crippen molar-refractivity contribution in [1.29, 1.82) is 0 Å². The van der Waals surface area contributed by atoms with Gasteiger partial charge in [0.2, 0.25) is 0 Å². The second-order valence-electron chi connectivity index (χ2n) is 3.11. The van der Waals surface area contributed by atoms with Crippen LogP contribution >= 0.6 is 15.9 Å². The molecule has 17 heavy (non-hydrogen) atoms. The van der Waals surface area contributed by atoms with Crippen molar-refractivity contribution in [2.24, 2.45) is 5.10 Å². The number of hydrazone groups is 1. The third-order valence-corrected chi connectivity index (χ3v) is 2.32. The first-order chi connectivity index (χ1) is 8.13. The number of amides is 2. The van der Waals surface area contributed by atoms with Gasteiger partial charge in [-0.25, -0.2) is 5.43 Å². The SMILES string of the molecule is CCNC(=O)C(=O)NN=Cc1ccc(Br)cc1. The number of nitrogens with one attached hydrogen (secondary N) is 2. The Balaban J connectivity index is 2.47.